The molecule has 1 aliphatic heterocycles. The predicted molar refractivity (Wildman–Crippen MR) is 122 cm³/mol. The van der Waals surface area contributed by atoms with Gasteiger partial charge in [-0.15, -0.1) is 0 Å². The number of rotatable bonds is 4. The van der Waals surface area contributed by atoms with Crippen LogP contribution in [0, 0.1) is 6.92 Å². The number of nitrogens with zero attached hydrogens (tertiary/aromatic N) is 3. The summed E-state index contributed by atoms with van der Waals surface area (Å²) in [6.45, 7) is 8.37. The Morgan fingerprint density at radius 2 is 1.72 bits per heavy atom. The van der Waals surface area contributed by atoms with E-state index in [4.69, 9.17) is 11.6 Å². The fourth-order valence-electron chi connectivity index (χ4n) is 3.39. The number of hydrogen-bond acceptors (Lipinski definition) is 2. The number of aryl methyl sites for hydroxylation is 1. The second-order valence-corrected chi connectivity index (χ2v) is 7.36. The van der Waals surface area contributed by atoms with E-state index in [0.717, 1.165) is 33.9 Å². The molecule has 0 unspecified atom stereocenters. The van der Waals surface area contributed by atoms with E-state index in [9.17, 15) is 0 Å². The monoisotopic (exact) mass is 399 g/mol. The summed E-state index contributed by atoms with van der Waals surface area (Å²) >= 11 is 6.04. The van der Waals surface area contributed by atoms with Crippen molar-refractivity contribution in [2.75, 3.05) is 0 Å². The van der Waals surface area contributed by atoms with Crippen molar-refractivity contribution in [1.29, 1.82) is 0 Å². The number of aromatic nitrogens is 2. The Morgan fingerprint density at radius 3 is 2.41 bits per heavy atom. The molecule has 0 fully saturated rings. The highest BCUT2D eigenvalue weighted by atomic mass is 35.5. The summed E-state index contributed by atoms with van der Waals surface area (Å²) < 4.78 is 1.92. The first-order valence-corrected chi connectivity index (χ1v) is 9.86. The number of benzene rings is 2. The van der Waals surface area contributed by atoms with Crippen LogP contribution >= 0.6 is 11.6 Å². The van der Waals surface area contributed by atoms with Gasteiger partial charge in [-0.25, -0.2) is 4.68 Å². The average Bonchev–Trinajstić information content (AvgIpc) is 3.21. The molecule has 3 aromatic rings. The van der Waals surface area contributed by atoms with E-state index in [0.29, 0.717) is 5.02 Å². The third kappa shape index (κ3) is 3.82. The van der Waals surface area contributed by atoms with E-state index in [1.807, 2.05) is 54.2 Å². The van der Waals surface area contributed by atoms with Gasteiger partial charge >= 0.3 is 0 Å². The van der Waals surface area contributed by atoms with Crippen LogP contribution in [0.1, 0.15) is 23.7 Å². The van der Waals surface area contributed by atoms with Gasteiger partial charge in [-0.2, -0.15) is 5.10 Å². The molecule has 144 valence electrons. The maximum absolute atomic E-state index is 6.04. The average molecular weight is 400 g/mol. The summed E-state index contributed by atoms with van der Waals surface area (Å²) in [7, 11) is 0. The van der Waals surface area contributed by atoms with Crippen molar-refractivity contribution in [2.45, 2.75) is 13.8 Å². The standard InChI is InChI=1S/C25H22ClN3/c1-4-24(20-8-5-18(2)6-9-20)28-17-21(10-7-19(28)3)25-15-16-27-29(25)23-13-11-22(26)12-14-23/h4-17H,3H2,1-2H3/b24-4-. The Kier molecular flexibility index (Phi) is 5.24. The van der Waals surface area contributed by atoms with Crippen LogP contribution in [0.2, 0.25) is 5.02 Å². The maximum Gasteiger partial charge on any atom is 0.0755 e. The normalized spacial score (nSPS) is 14.3. The van der Waals surface area contributed by atoms with E-state index in [-0.39, 0.29) is 0 Å². The van der Waals surface area contributed by atoms with Gasteiger partial charge < -0.3 is 4.90 Å². The molecule has 29 heavy (non-hydrogen) atoms. The van der Waals surface area contributed by atoms with Gasteiger partial charge in [0.2, 0.25) is 0 Å². The van der Waals surface area contributed by atoms with Crippen LogP contribution in [0.25, 0.3) is 17.0 Å². The molecule has 0 bridgehead atoms. The molecule has 2 heterocycles. The second-order valence-electron chi connectivity index (χ2n) is 6.92. The molecule has 4 rings (SSSR count). The van der Waals surface area contributed by atoms with Crippen LogP contribution in [-0.4, -0.2) is 14.7 Å². The molecular weight excluding hydrogens is 378 g/mol. The molecule has 2 aromatic carbocycles. The first-order chi connectivity index (χ1) is 14.1. The van der Waals surface area contributed by atoms with E-state index in [1.165, 1.54) is 5.56 Å². The summed E-state index contributed by atoms with van der Waals surface area (Å²) in [5, 5.41) is 5.22. The third-order valence-electron chi connectivity index (χ3n) is 4.92. The largest absolute Gasteiger partial charge is 0.317 e. The van der Waals surface area contributed by atoms with Gasteiger partial charge in [0.05, 0.1) is 17.6 Å². The molecule has 0 N–H and O–H groups in total. The highest BCUT2D eigenvalue weighted by molar-refractivity contribution is 6.30. The van der Waals surface area contributed by atoms with Crippen LogP contribution in [0.3, 0.4) is 0 Å². The van der Waals surface area contributed by atoms with Crippen LogP contribution in [-0.2, 0) is 0 Å². The lowest BCUT2D eigenvalue weighted by atomic mass is 10.0. The highest BCUT2D eigenvalue weighted by Gasteiger charge is 2.18. The summed E-state index contributed by atoms with van der Waals surface area (Å²) in [4.78, 5) is 2.12. The molecule has 0 atom stereocenters. The smallest absolute Gasteiger partial charge is 0.0755 e. The van der Waals surface area contributed by atoms with E-state index in [1.54, 1.807) is 0 Å². The second kappa shape index (κ2) is 7.98. The first-order valence-electron chi connectivity index (χ1n) is 9.48. The molecule has 1 aromatic heterocycles. The van der Waals surface area contributed by atoms with Crippen molar-refractivity contribution >= 4 is 22.9 Å². The third-order valence-corrected chi connectivity index (χ3v) is 5.17. The zero-order chi connectivity index (χ0) is 20.4. The SMILES string of the molecule is C=C1C=CC(c2ccnn2-c2ccc(Cl)cc2)=CN1/C(=C\C)c1ccc(C)cc1. The van der Waals surface area contributed by atoms with Crippen molar-refractivity contribution in [3.63, 3.8) is 0 Å². The molecule has 0 radical (unpaired) electrons. The summed E-state index contributed by atoms with van der Waals surface area (Å²) in [6, 6.07) is 18.2. The van der Waals surface area contributed by atoms with Crippen LogP contribution in [0.15, 0.2) is 97.5 Å². The molecule has 0 aliphatic carbocycles. The molecule has 0 saturated carbocycles. The van der Waals surface area contributed by atoms with E-state index < -0.39 is 0 Å². The van der Waals surface area contributed by atoms with Crippen molar-refractivity contribution in [1.82, 2.24) is 14.7 Å². The van der Waals surface area contributed by atoms with Gasteiger partial charge in [0.15, 0.2) is 0 Å². The Hall–Kier alpha value is -3.30. The molecule has 0 saturated heterocycles. The molecule has 4 heteroatoms. The van der Waals surface area contributed by atoms with Crippen molar-refractivity contribution in [3.05, 3.63) is 119 Å². The minimum atomic E-state index is 0.706. The molecule has 3 nitrogen and oxygen atoms in total. The van der Waals surface area contributed by atoms with Gasteiger partial charge in [-0.05, 0) is 61.9 Å². The Bertz CT molecular complexity index is 1130. The minimum absolute atomic E-state index is 0.706. The lowest BCUT2D eigenvalue weighted by Gasteiger charge is -2.28. The van der Waals surface area contributed by atoms with E-state index in [2.05, 4.69) is 66.1 Å². The molecule has 1 aliphatic rings. The summed E-state index contributed by atoms with van der Waals surface area (Å²) in [5.41, 5.74) is 7.41. The van der Waals surface area contributed by atoms with Gasteiger partial charge in [-0.1, -0.05) is 54.1 Å². The molecular formula is C25H22ClN3. The Labute approximate surface area is 176 Å². The lowest BCUT2D eigenvalue weighted by molar-refractivity contribution is 0.678. The van der Waals surface area contributed by atoms with Crippen molar-refractivity contribution in [3.8, 4) is 5.69 Å². The maximum atomic E-state index is 6.04. The van der Waals surface area contributed by atoms with Gasteiger partial charge in [0.25, 0.3) is 0 Å². The minimum Gasteiger partial charge on any atom is -0.317 e. The van der Waals surface area contributed by atoms with Gasteiger partial charge in [0.1, 0.15) is 0 Å². The molecule has 0 spiro atoms. The topological polar surface area (TPSA) is 21.1 Å². The number of halogens is 1. The Balaban J connectivity index is 1.73. The number of hydrogen-bond donors (Lipinski definition) is 0. The van der Waals surface area contributed by atoms with Crippen LogP contribution in [0.4, 0.5) is 0 Å². The first kappa shape index (κ1) is 19.0. The van der Waals surface area contributed by atoms with Crippen molar-refractivity contribution < 1.29 is 0 Å². The van der Waals surface area contributed by atoms with Crippen LogP contribution in [0.5, 0.6) is 0 Å². The van der Waals surface area contributed by atoms with Gasteiger partial charge in [-0.3, -0.25) is 0 Å². The summed E-state index contributed by atoms with van der Waals surface area (Å²) in [6.07, 6.45) is 10.1. The van der Waals surface area contributed by atoms with E-state index >= 15 is 0 Å². The molecule has 0 amide bonds. The predicted octanol–water partition coefficient (Wildman–Crippen LogP) is 6.62. The zero-order valence-electron chi connectivity index (χ0n) is 16.5. The van der Waals surface area contributed by atoms with Crippen LogP contribution < -0.4 is 0 Å². The zero-order valence-corrected chi connectivity index (χ0v) is 17.3. The van der Waals surface area contributed by atoms with Crippen molar-refractivity contribution in [2.24, 2.45) is 0 Å². The fraction of sp³-hybridized carbons (Fsp3) is 0.0800. The lowest BCUT2D eigenvalue weighted by Crippen LogP contribution is -2.17. The summed E-state index contributed by atoms with van der Waals surface area (Å²) in [5.74, 6) is 0. The highest BCUT2D eigenvalue weighted by Crippen LogP contribution is 2.32. The Morgan fingerprint density at radius 1 is 1.00 bits per heavy atom. The number of allylic oxidation sites excluding steroid dienone is 4. The fourth-order valence-corrected chi connectivity index (χ4v) is 3.51. The quantitative estimate of drug-likeness (QED) is 0.491. The van der Waals surface area contributed by atoms with Gasteiger partial charge in [0, 0.05) is 28.2 Å².